The highest BCUT2D eigenvalue weighted by Gasteiger charge is 2.20. The van der Waals surface area contributed by atoms with Crippen LogP contribution >= 0.6 is 0 Å². The van der Waals surface area contributed by atoms with E-state index < -0.39 is 0 Å². The number of hydrogen-bond acceptors (Lipinski definition) is 3. The van der Waals surface area contributed by atoms with Gasteiger partial charge in [-0.1, -0.05) is 43.3 Å². The van der Waals surface area contributed by atoms with E-state index in [-0.39, 0.29) is 5.91 Å². The van der Waals surface area contributed by atoms with Gasteiger partial charge in [0, 0.05) is 74.6 Å². The first-order valence-corrected chi connectivity index (χ1v) is 12.5. The first kappa shape index (κ1) is 21.8. The number of carbonyl (C=O) groups excluding carboxylic acids is 1. The molecule has 1 N–H and O–H groups in total. The van der Waals surface area contributed by atoms with Crippen LogP contribution < -0.4 is 0 Å². The van der Waals surface area contributed by atoms with E-state index in [0.29, 0.717) is 6.42 Å². The predicted octanol–water partition coefficient (Wildman–Crippen LogP) is 5.27. The third-order valence-corrected chi connectivity index (χ3v) is 7.35. The van der Waals surface area contributed by atoms with Crippen molar-refractivity contribution in [2.75, 3.05) is 26.2 Å². The van der Waals surface area contributed by atoms with E-state index in [1.807, 2.05) is 24.2 Å². The lowest BCUT2D eigenvalue weighted by atomic mass is 9.97. The molecule has 0 radical (unpaired) electrons. The summed E-state index contributed by atoms with van der Waals surface area (Å²) >= 11 is 0. The van der Waals surface area contributed by atoms with E-state index in [9.17, 15) is 4.79 Å². The highest BCUT2D eigenvalue weighted by atomic mass is 16.2. The normalized spacial score (nSPS) is 15.9. The molecule has 2 aliphatic rings. The van der Waals surface area contributed by atoms with Gasteiger partial charge >= 0.3 is 0 Å². The SMILES string of the molecule is CCC(=O)N1CCN(Cc2ccc(-c3cnc4c(c3)C(c3ccc5[nH]ccc5c3)=CC4)cc2)CC1. The molecule has 6 rings (SSSR count). The molecule has 0 unspecified atom stereocenters. The van der Waals surface area contributed by atoms with Crippen LogP contribution in [0.4, 0.5) is 0 Å². The maximum atomic E-state index is 11.9. The van der Waals surface area contributed by atoms with Crippen LogP contribution in [0.1, 0.15) is 35.7 Å². The highest BCUT2D eigenvalue weighted by molar-refractivity contribution is 5.90. The van der Waals surface area contributed by atoms with Gasteiger partial charge in [-0.15, -0.1) is 0 Å². The van der Waals surface area contributed by atoms with Crippen molar-refractivity contribution in [3.8, 4) is 11.1 Å². The van der Waals surface area contributed by atoms with E-state index in [1.165, 1.54) is 33.2 Å². The molecule has 0 bridgehead atoms. The second kappa shape index (κ2) is 9.16. The maximum Gasteiger partial charge on any atom is 0.222 e. The molecular formula is C30H30N4O. The molecule has 0 atom stereocenters. The van der Waals surface area contributed by atoms with Crippen LogP contribution in [-0.4, -0.2) is 51.9 Å². The summed E-state index contributed by atoms with van der Waals surface area (Å²) in [5.74, 6) is 0.264. The van der Waals surface area contributed by atoms with Gasteiger partial charge in [-0.2, -0.15) is 0 Å². The van der Waals surface area contributed by atoms with Gasteiger partial charge in [-0.05, 0) is 51.9 Å². The highest BCUT2D eigenvalue weighted by Crippen LogP contribution is 2.35. The Morgan fingerprint density at radius 3 is 2.54 bits per heavy atom. The fourth-order valence-corrected chi connectivity index (χ4v) is 5.29. The summed E-state index contributed by atoms with van der Waals surface area (Å²) in [5.41, 5.74) is 9.71. The Morgan fingerprint density at radius 1 is 0.943 bits per heavy atom. The third-order valence-electron chi connectivity index (χ3n) is 7.35. The topological polar surface area (TPSA) is 52.2 Å². The average molecular weight is 463 g/mol. The first-order valence-electron chi connectivity index (χ1n) is 12.5. The molecule has 2 aromatic heterocycles. The van der Waals surface area contributed by atoms with E-state index >= 15 is 0 Å². The average Bonchev–Trinajstić information content (AvgIpc) is 3.55. The molecule has 0 spiro atoms. The summed E-state index contributed by atoms with van der Waals surface area (Å²) in [6.07, 6.45) is 7.77. The number of nitrogens with zero attached hydrogens (tertiary/aromatic N) is 3. The number of rotatable bonds is 5. The number of fused-ring (bicyclic) bond motifs is 2. The predicted molar refractivity (Wildman–Crippen MR) is 141 cm³/mol. The summed E-state index contributed by atoms with van der Waals surface area (Å²) in [6.45, 7) is 6.40. The molecule has 5 nitrogen and oxygen atoms in total. The zero-order valence-electron chi connectivity index (χ0n) is 20.1. The summed E-state index contributed by atoms with van der Waals surface area (Å²) < 4.78 is 0. The standard InChI is InChI=1S/C30H30N4O/c1-2-30(35)34-15-13-33(14-16-34)20-21-3-5-22(6-4-21)25-18-27-26(8-10-29(27)32-19-25)23-7-9-28-24(17-23)11-12-31-28/h3-9,11-12,17-19,31H,2,10,13-16,20H2,1H3. The Kier molecular flexibility index (Phi) is 5.71. The van der Waals surface area contributed by atoms with Gasteiger partial charge in [0.2, 0.25) is 5.91 Å². The van der Waals surface area contributed by atoms with Crippen LogP contribution in [0.3, 0.4) is 0 Å². The van der Waals surface area contributed by atoms with Crippen molar-refractivity contribution in [2.24, 2.45) is 0 Å². The Labute approximate surface area is 206 Å². The van der Waals surface area contributed by atoms with Crippen LogP contribution in [0.15, 0.2) is 73.1 Å². The van der Waals surface area contributed by atoms with E-state index in [0.717, 1.165) is 55.9 Å². The minimum absolute atomic E-state index is 0.264. The summed E-state index contributed by atoms with van der Waals surface area (Å²) in [5, 5.41) is 1.23. The van der Waals surface area contributed by atoms with Crippen molar-refractivity contribution in [3.63, 3.8) is 0 Å². The molecule has 1 aliphatic carbocycles. The van der Waals surface area contributed by atoms with Crippen molar-refractivity contribution in [3.05, 3.63) is 95.5 Å². The lowest BCUT2D eigenvalue weighted by molar-refractivity contribution is -0.132. The van der Waals surface area contributed by atoms with Crippen molar-refractivity contribution in [1.82, 2.24) is 19.8 Å². The summed E-state index contributed by atoms with van der Waals surface area (Å²) in [6, 6.07) is 19.9. The van der Waals surface area contributed by atoms with Crippen molar-refractivity contribution >= 4 is 22.4 Å². The number of nitrogens with one attached hydrogen (secondary N) is 1. The molecule has 0 saturated carbocycles. The van der Waals surface area contributed by atoms with Crippen molar-refractivity contribution in [2.45, 2.75) is 26.3 Å². The Bertz CT molecular complexity index is 1410. The molecule has 1 saturated heterocycles. The van der Waals surface area contributed by atoms with E-state index in [1.54, 1.807) is 0 Å². The number of hydrogen-bond donors (Lipinski definition) is 1. The monoisotopic (exact) mass is 462 g/mol. The van der Waals surface area contributed by atoms with Crippen LogP contribution in [0, 0.1) is 0 Å². The number of pyridine rings is 1. The maximum absolute atomic E-state index is 11.9. The Morgan fingerprint density at radius 2 is 1.74 bits per heavy atom. The lowest BCUT2D eigenvalue weighted by Crippen LogP contribution is -2.48. The van der Waals surface area contributed by atoms with Gasteiger partial charge in [-0.3, -0.25) is 14.7 Å². The smallest absolute Gasteiger partial charge is 0.222 e. The fourth-order valence-electron chi connectivity index (χ4n) is 5.29. The number of aromatic amines is 1. The van der Waals surface area contributed by atoms with E-state index in [4.69, 9.17) is 4.98 Å². The zero-order chi connectivity index (χ0) is 23.8. The first-order chi connectivity index (χ1) is 17.2. The zero-order valence-corrected chi connectivity index (χ0v) is 20.1. The van der Waals surface area contributed by atoms with Crippen LogP contribution in [0.5, 0.6) is 0 Å². The van der Waals surface area contributed by atoms with Crippen LogP contribution in [-0.2, 0) is 17.8 Å². The molecule has 4 aromatic rings. The largest absolute Gasteiger partial charge is 0.361 e. The van der Waals surface area contributed by atoms with E-state index in [2.05, 4.69) is 70.6 Å². The molecule has 2 aromatic carbocycles. The molecular weight excluding hydrogens is 432 g/mol. The molecule has 176 valence electrons. The molecule has 1 aliphatic heterocycles. The van der Waals surface area contributed by atoms with Crippen molar-refractivity contribution in [1.29, 1.82) is 0 Å². The number of carbonyl (C=O) groups is 1. The minimum Gasteiger partial charge on any atom is -0.361 e. The Hall–Kier alpha value is -3.70. The number of piperazine rings is 1. The van der Waals surface area contributed by atoms with Gasteiger partial charge in [0.1, 0.15) is 0 Å². The van der Waals surface area contributed by atoms with Gasteiger partial charge in [-0.25, -0.2) is 0 Å². The molecule has 3 heterocycles. The molecule has 1 amide bonds. The number of allylic oxidation sites excluding steroid dienone is 1. The fraction of sp³-hybridized carbons (Fsp3) is 0.267. The number of amides is 1. The van der Waals surface area contributed by atoms with Crippen LogP contribution in [0.2, 0.25) is 0 Å². The second-order valence-electron chi connectivity index (χ2n) is 9.53. The number of H-pyrrole nitrogens is 1. The minimum atomic E-state index is 0.264. The van der Waals surface area contributed by atoms with Gasteiger partial charge in [0.25, 0.3) is 0 Å². The molecule has 5 heteroatoms. The van der Waals surface area contributed by atoms with Gasteiger partial charge < -0.3 is 9.88 Å². The van der Waals surface area contributed by atoms with Crippen molar-refractivity contribution < 1.29 is 4.79 Å². The number of aromatic nitrogens is 2. The lowest BCUT2D eigenvalue weighted by Gasteiger charge is -2.34. The van der Waals surface area contributed by atoms with Crippen LogP contribution in [0.25, 0.3) is 27.6 Å². The third kappa shape index (κ3) is 4.28. The number of benzene rings is 2. The quantitative estimate of drug-likeness (QED) is 0.440. The van der Waals surface area contributed by atoms with Gasteiger partial charge in [0.15, 0.2) is 0 Å². The molecule has 1 fully saturated rings. The Balaban J connectivity index is 1.17. The summed E-state index contributed by atoms with van der Waals surface area (Å²) in [7, 11) is 0. The molecule has 35 heavy (non-hydrogen) atoms. The second-order valence-corrected chi connectivity index (χ2v) is 9.53. The van der Waals surface area contributed by atoms with Gasteiger partial charge in [0.05, 0.1) is 5.69 Å². The summed E-state index contributed by atoms with van der Waals surface area (Å²) in [4.78, 5) is 24.4.